The third kappa shape index (κ3) is 4.08. The van der Waals surface area contributed by atoms with Crippen LogP contribution in [0, 0.1) is 5.92 Å². The normalized spacial score (nSPS) is 25.3. The molecule has 0 aliphatic carbocycles. The van der Waals surface area contributed by atoms with Gasteiger partial charge in [-0.05, 0) is 26.0 Å². The Bertz CT molecular complexity index is 743. The fourth-order valence-electron chi connectivity index (χ4n) is 3.28. The van der Waals surface area contributed by atoms with E-state index in [1.807, 2.05) is 6.07 Å². The number of carbonyl (C=O) groups excluding carboxylic acids is 3. The van der Waals surface area contributed by atoms with Crippen molar-refractivity contribution in [2.24, 2.45) is 5.92 Å². The second-order valence-corrected chi connectivity index (χ2v) is 9.02. The molecule has 2 heterocycles. The van der Waals surface area contributed by atoms with Crippen LogP contribution in [0.3, 0.4) is 0 Å². The fraction of sp³-hybridized carbons (Fsp3) is 0.500. The Labute approximate surface area is 205 Å². The standard InChI is InChI=1S/C18H22N2O5S.K/c1-10(2)14(21)20(25-11-8-6-5-7-9-11)12-15(22)19-13(17(23)24)18(3,4)26-16(12)19;/h5-10,12-13,16H,1-4H3,(H,23,24);/q;+1/p-1/t12?,13?,16-;/m1./s1. The minimum Gasteiger partial charge on any atom is -0.548 e. The quantitative estimate of drug-likeness (QED) is 0.303. The van der Waals surface area contributed by atoms with Crippen molar-refractivity contribution >= 4 is 29.5 Å². The molecule has 2 aliphatic heterocycles. The van der Waals surface area contributed by atoms with Crippen molar-refractivity contribution in [1.29, 1.82) is 0 Å². The molecule has 0 spiro atoms. The van der Waals surface area contributed by atoms with Crippen LogP contribution < -0.4 is 61.3 Å². The molecule has 1 aromatic rings. The smallest absolute Gasteiger partial charge is 0.548 e. The van der Waals surface area contributed by atoms with Crippen LogP contribution in [0.1, 0.15) is 27.7 Å². The molecule has 3 atom stereocenters. The number of hydroxylamine groups is 2. The Hall–Kier alpha value is -0.584. The van der Waals surface area contributed by atoms with Gasteiger partial charge in [-0.1, -0.05) is 32.0 Å². The van der Waals surface area contributed by atoms with Crippen LogP contribution >= 0.6 is 11.8 Å². The van der Waals surface area contributed by atoms with Gasteiger partial charge in [0, 0.05) is 10.7 Å². The Balaban J connectivity index is 0.00000261. The second-order valence-electron chi connectivity index (χ2n) is 7.25. The van der Waals surface area contributed by atoms with Gasteiger partial charge >= 0.3 is 51.4 Å². The number of aliphatic carboxylic acids is 1. The number of hydrogen-bond acceptors (Lipinski definition) is 6. The average molecular weight is 417 g/mol. The van der Waals surface area contributed by atoms with E-state index in [2.05, 4.69) is 0 Å². The first-order valence-corrected chi connectivity index (χ1v) is 9.30. The first kappa shape index (κ1) is 22.7. The molecule has 0 N–H and O–H groups in total. The molecule has 27 heavy (non-hydrogen) atoms. The topological polar surface area (TPSA) is 90.0 Å². The minimum absolute atomic E-state index is 0. The maximum absolute atomic E-state index is 12.8. The monoisotopic (exact) mass is 416 g/mol. The number of benzene rings is 1. The summed E-state index contributed by atoms with van der Waals surface area (Å²) in [6, 6.07) is 6.84. The summed E-state index contributed by atoms with van der Waals surface area (Å²) >= 11 is 1.34. The molecule has 1 aromatic carbocycles. The number of fused-ring (bicyclic) bond motifs is 1. The molecule has 0 radical (unpaired) electrons. The molecule has 140 valence electrons. The van der Waals surface area contributed by atoms with Crippen LogP contribution in [0.25, 0.3) is 0 Å². The van der Waals surface area contributed by atoms with Gasteiger partial charge in [0.2, 0.25) is 0 Å². The van der Waals surface area contributed by atoms with Gasteiger partial charge in [0.05, 0.1) is 12.0 Å². The molecular weight excluding hydrogens is 395 g/mol. The summed E-state index contributed by atoms with van der Waals surface area (Å²) in [5.74, 6) is -2.00. The first-order valence-electron chi connectivity index (χ1n) is 8.42. The number of β-lactam (4-membered cyclic amide) rings is 1. The van der Waals surface area contributed by atoms with Crippen LogP contribution in [-0.2, 0) is 14.4 Å². The van der Waals surface area contributed by atoms with E-state index >= 15 is 0 Å². The third-order valence-corrected chi connectivity index (χ3v) is 6.10. The van der Waals surface area contributed by atoms with Gasteiger partial charge in [-0.3, -0.25) is 9.59 Å². The number of carboxylic acid groups (broad SMARTS) is 1. The van der Waals surface area contributed by atoms with E-state index in [1.54, 1.807) is 52.0 Å². The molecule has 0 bridgehead atoms. The number of rotatable bonds is 5. The molecule has 2 saturated heterocycles. The van der Waals surface area contributed by atoms with Gasteiger partial charge in [-0.25, -0.2) is 0 Å². The Morgan fingerprint density at radius 1 is 1.26 bits per heavy atom. The van der Waals surface area contributed by atoms with E-state index in [1.165, 1.54) is 16.7 Å². The number of amides is 2. The predicted molar refractivity (Wildman–Crippen MR) is 93.6 cm³/mol. The van der Waals surface area contributed by atoms with E-state index < -0.39 is 34.1 Å². The van der Waals surface area contributed by atoms with E-state index in [4.69, 9.17) is 4.84 Å². The number of nitrogens with zero attached hydrogens (tertiary/aromatic N) is 2. The van der Waals surface area contributed by atoms with Crippen molar-refractivity contribution in [1.82, 2.24) is 9.96 Å². The third-order valence-electron chi connectivity index (χ3n) is 4.55. The molecular formula is C18H21KN2O5S. The first-order chi connectivity index (χ1) is 12.1. The maximum Gasteiger partial charge on any atom is 1.00 e. The van der Waals surface area contributed by atoms with Crippen LogP contribution in [-0.4, -0.2) is 50.0 Å². The van der Waals surface area contributed by atoms with Crippen LogP contribution in [0.2, 0.25) is 0 Å². The molecule has 0 saturated carbocycles. The van der Waals surface area contributed by atoms with Gasteiger partial charge in [0.25, 0.3) is 11.8 Å². The van der Waals surface area contributed by atoms with Crippen LogP contribution in [0.4, 0.5) is 0 Å². The molecule has 2 unspecified atom stereocenters. The zero-order chi connectivity index (χ0) is 19.2. The zero-order valence-corrected chi connectivity index (χ0v) is 20.0. The zero-order valence-electron chi connectivity index (χ0n) is 16.0. The van der Waals surface area contributed by atoms with Gasteiger partial charge in [-0.2, -0.15) is 5.06 Å². The Kier molecular flexibility index (Phi) is 7.08. The van der Waals surface area contributed by atoms with Crippen LogP contribution in [0.5, 0.6) is 5.75 Å². The van der Waals surface area contributed by atoms with Crippen molar-refractivity contribution in [3.63, 3.8) is 0 Å². The molecule has 3 rings (SSSR count). The molecule has 2 aliphatic rings. The molecule has 2 fully saturated rings. The van der Waals surface area contributed by atoms with E-state index in [0.717, 1.165) is 5.06 Å². The van der Waals surface area contributed by atoms with E-state index in [-0.39, 0.29) is 63.2 Å². The van der Waals surface area contributed by atoms with Crippen molar-refractivity contribution < 1.29 is 75.7 Å². The largest absolute Gasteiger partial charge is 1.00 e. The number of thioether (sulfide) groups is 1. The SMILES string of the molecule is CC(C)C(=O)N(Oc1ccccc1)C1C(=O)N2C(C(=O)[O-])C(C)(C)S[C@H]12.[K+]. The summed E-state index contributed by atoms with van der Waals surface area (Å²) in [4.78, 5) is 44.0. The Morgan fingerprint density at radius 2 is 1.85 bits per heavy atom. The van der Waals surface area contributed by atoms with E-state index in [9.17, 15) is 19.5 Å². The van der Waals surface area contributed by atoms with Crippen molar-refractivity contribution in [2.75, 3.05) is 0 Å². The summed E-state index contributed by atoms with van der Waals surface area (Å²) in [7, 11) is 0. The molecule has 2 amide bonds. The van der Waals surface area contributed by atoms with Crippen molar-refractivity contribution in [3.8, 4) is 5.75 Å². The summed E-state index contributed by atoms with van der Waals surface area (Å²) in [5, 5.41) is 12.2. The number of carbonyl (C=O) groups is 3. The Morgan fingerprint density at radius 3 is 2.37 bits per heavy atom. The molecule has 9 heteroatoms. The second kappa shape index (κ2) is 8.42. The average Bonchev–Trinajstić information content (AvgIpc) is 2.82. The van der Waals surface area contributed by atoms with E-state index in [0.29, 0.717) is 5.75 Å². The summed E-state index contributed by atoms with van der Waals surface area (Å²) in [6.07, 6.45) is 0. The summed E-state index contributed by atoms with van der Waals surface area (Å²) < 4.78 is -0.715. The molecule has 7 nitrogen and oxygen atoms in total. The van der Waals surface area contributed by atoms with Crippen molar-refractivity contribution in [2.45, 2.75) is 49.9 Å². The number of para-hydroxylation sites is 1. The van der Waals surface area contributed by atoms with Gasteiger partial charge in [-0.15, -0.1) is 11.8 Å². The number of carboxylic acids is 1. The predicted octanol–water partition coefficient (Wildman–Crippen LogP) is -2.35. The number of hydrogen-bond donors (Lipinski definition) is 0. The van der Waals surface area contributed by atoms with Gasteiger partial charge in [0.15, 0.2) is 11.8 Å². The summed E-state index contributed by atoms with van der Waals surface area (Å²) in [6.45, 7) is 6.96. The minimum atomic E-state index is -1.29. The molecule has 0 aromatic heterocycles. The fourth-order valence-corrected chi connectivity index (χ4v) is 4.93. The van der Waals surface area contributed by atoms with Crippen LogP contribution in [0.15, 0.2) is 30.3 Å². The van der Waals surface area contributed by atoms with Gasteiger partial charge < -0.3 is 19.6 Å². The summed E-state index contributed by atoms with van der Waals surface area (Å²) in [5.41, 5.74) is 0. The van der Waals surface area contributed by atoms with Crippen molar-refractivity contribution in [3.05, 3.63) is 30.3 Å². The maximum atomic E-state index is 12.8. The van der Waals surface area contributed by atoms with Gasteiger partial charge in [0.1, 0.15) is 5.37 Å².